The smallest absolute Gasteiger partial charge is 0.119 e. The lowest BCUT2D eigenvalue weighted by Crippen LogP contribution is -2.16. The lowest BCUT2D eigenvalue weighted by Gasteiger charge is -2.14. The first kappa shape index (κ1) is 12.7. The third-order valence-corrected chi connectivity index (χ3v) is 3.11. The predicted molar refractivity (Wildman–Crippen MR) is 66.5 cm³/mol. The SMILES string of the molecule is OC[C@H](CC[C@@H]1CO1)COc1ccc(Cl)cc1. The fourth-order valence-corrected chi connectivity index (χ4v) is 1.75. The van der Waals surface area contributed by atoms with Crippen LogP contribution in [0.2, 0.25) is 5.02 Å². The maximum absolute atomic E-state index is 9.24. The Kier molecular flexibility index (Phi) is 4.66. The van der Waals surface area contributed by atoms with Crippen molar-refractivity contribution in [2.45, 2.75) is 18.9 Å². The molecule has 3 nitrogen and oxygen atoms in total. The lowest BCUT2D eigenvalue weighted by atomic mass is 10.0. The second-order valence-electron chi connectivity index (χ2n) is 4.35. The summed E-state index contributed by atoms with van der Waals surface area (Å²) in [6.45, 7) is 1.56. The zero-order valence-corrected chi connectivity index (χ0v) is 10.4. The van der Waals surface area contributed by atoms with Crippen LogP contribution in [-0.4, -0.2) is 31.0 Å². The molecule has 1 heterocycles. The lowest BCUT2D eigenvalue weighted by molar-refractivity contribution is 0.152. The standard InChI is InChI=1S/C13H17ClO3/c14-11-2-5-12(6-3-11)16-8-10(7-15)1-4-13-9-17-13/h2-3,5-6,10,13,15H,1,4,7-9H2/t10-,13+/m0/s1. The maximum atomic E-state index is 9.24. The largest absolute Gasteiger partial charge is 0.493 e. The molecule has 94 valence electrons. The number of rotatable bonds is 7. The van der Waals surface area contributed by atoms with Crippen molar-refractivity contribution in [3.05, 3.63) is 29.3 Å². The van der Waals surface area contributed by atoms with E-state index < -0.39 is 0 Å². The van der Waals surface area contributed by atoms with E-state index in [0.717, 1.165) is 25.2 Å². The number of aliphatic hydroxyl groups is 1. The zero-order chi connectivity index (χ0) is 12.1. The molecule has 1 N–H and O–H groups in total. The summed E-state index contributed by atoms with van der Waals surface area (Å²) in [6.07, 6.45) is 2.36. The monoisotopic (exact) mass is 256 g/mol. The molecular weight excluding hydrogens is 240 g/mol. The maximum Gasteiger partial charge on any atom is 0.119 e. The molecule has 1 aliphatic heterocycles. The van der Waals surface area contributed by atoms with Gasteiger partial charge >= 0.3 is 0 Å². The third kappa shape index (κ3) is 4.54. The van der Waals surface area contributed by atoms with Gasteiger partial charge in [-0.25, -0.2) is 0 Å². The number of epoxide rings is 1. The highest BCUT2D eigenvalue weighted by Gasteiger charge is 2.23. The van der Waals surface area contributed by atoms with Crippen LogP contribution in [0.15, 0.2) is 24.3 Å². The van der Waals surface area contributed by atoms with Crippen molar-refractivity contribution in [3.8, 4) is 5.75 Å². The van der Waals surface area contributed by atoms with E-state index in [1.54, 1.807) is 12.1 Å². The molecule has 0 unspecified atom stereocenters. The van der Waals surface area contributed by atoms with Gasteiger partial charge < -0.3 is 14.6 Å². The van der Waals surface area contributed by atoms with Crippen LogP contribution >= 0.6 is 11.6 Å². The Morgan fingerprint density at radius 3 is 2.71 bits per heavy atom. The molecule has 1 aliphatic rings. The van der Waals surface area contributed by atoms with Gasteiger partial charge in [-0.3, -0.25) is 0 Å². The Bertz CT molecular complexity index is 335. The zero-order valence-electron chi connectivity index (χ0n) is 9.64. The van der Waals surface area contributed by atoms with E-state index in [2.05, 4.69) is 0 Å². The van der Waals surface area contributed by atoms with E-state index in [1.807, 2.05) is 12.1 Å². The molecule has 0 amide bonds. The van der Waals surface area contributed by atoms with Gasteiger partial charge in [-0.2, -0.15) is 0 Å². The molecule has 2 rings (SSSR count). The molecular formula is C13H17ClO3. The van der Waals surface area contributed by atoms with Crippen LogP contribution in [0.1, 0.15) is 12.8 Å². The minimum atomic E-state index is 0.153. The van der Waals surface area contributed by atoms with Gasteiger partial charge in [-0.1, -0.05) is 11.6 Å². The van der Waals surface area contributed by atoms with Crippen molar-refractivity contribution in [2.75, 3.05) is 19.8 Å². The minimum absolute atomic E-state index is 0.153. The molecule has 0 aliphatic carbocycles. The molecule has 1 aromatic rings. The Balaban J connectivity index is 1.72. The van der Waals surface area contributed by atoms with E-state index in [9.17, 15) is 5.11 Å². The van der Waals surface area contributed by atoms with E-state index >= 15 is 0 Å². The Morgan fingerprint density at radius 1 is 1.41 bits per heavy atom. The van der Waals surface area contributed by atoms with Gasteiger partial charge in [0.25, 0.3) is 0 Å². The highest BCUT2D eigenvalue weighted by Crippen LogP contribution is 2.20. The minimum Gasteiger partial charge on any atom is -0.493 e. The van der Waals surface area contributed by atoms with Gasteiger partial charge in [0.05, 0.1) is 19.3 Å². The normalized spacial score (nSPS) is 20.0. The fourth-order valence-electron chi connectivity index (χ4n) is 1.63. The first-order chi connectivity index (χ1) is 8.28. The summed E-state index contributed by atoms with van der Waals surface area (Å²) in [5.74, 6) is 0.963. The number of hydrogen-bond donors (Lipinski definition) is 1. The van der Waals surface area contributed by atoms with Crippen molar-refractivity contribution >= 4 is 11.6 Å². The first-order valence-corrected chi connectivity index (χ1v) is 6.26. The van der Waals surface area contributed by atoms with Crippen LogP contribution in [0, 0.1) is 5.92 Å². The van der Waals surface area contributed by atoms with Crippen LogP contribution in [0.25, 0.3) is 0 Å². The Hall–Kier alpha value is -0.770. The van der Waals surface area contributed by atoms with Gasteiger partial charge in [0.15, 0.2) is 0 Å². The number of aliphatic hydroxyl groups excluding tert-OH is 1. The van der Waals surface area contributed by atoms with E-state index in [1.165, 1.54) is 0 Å². The summed E-state index contributed by atoms with van der Waals surface area (Å²) in [7, 11) is 0. The Morgan fingerprint density at radius 2 is 2.12 bits per heavy atom. The van der Waals surface area contributed by atoms with Crippen molar-refractivity contribution in [3.63, 3.8) is 0 Å². The van der Waals surface area contributed by atoms with Crippen LogP contribution in [-0.2, 0) is 4.74 Å². The average Bonchev–Trinajstić information content (AvgIpc) is 3.15. The van der Waals surface area contributed by atoms with Crippen molar-refractivity contribution in [1.82, 2.24) is 0 Å². The molecule has 1 saturated heterocycles. The summed E-state index contributed by atoms with van der Waals surface area (Å²) in [4.78, 5) is 0. The van der Waals surface area contributed by atoms with Gasteiger partial charge in [-0.15, -0.1) is 0 Å². The second-order valence-corrected chi connectivity index (χ2v) is 4.78. The number of benzene rings is 1. The van der Waals surface area contributed by atoms with Crippen molar-refractivity contribution in [1.29, 1.82) is 0 Å². The van der Waals surface area contributed by atoms with Crippen LogP contribution < -0.4 is 4.74 Å². The molecule has 17 heavy (non-hydrogen) atoms. The van der Waals surface area contributed by atoms with Gasteiger partial charge in [0, 0.05) is 17.5 Å². The summed E-state index contributed by atoms with van der Waals surface area (Å²) < 4.78 is 10.7. The fraction of sp³-hybridized carbons (Fsp3) is 0.538. The number of hydrogen-bond acceptors (Lipinski definition) is 3. The van der Waals surface area contributed by atoms with Crippen LogP contribution in [0.5, 0.6) is 5.75 Å². The average molecular weight is 257 g/mol. The molecule has 4 heteroatoms. The Labute approximate surface area is 106 Å². The number of ether oxygens (including phenoxy) is 2. The molecule has 0 saturated carbocycles. The van der Waals surface area contributed by atoms with E-state index in [4.69, 9.17) is 21.1 Å². The summed E-state index contributed by atoms with van der Waals surface area (Å²) in [6, 6.07) is 7.26. The molecule has 0 aromatic heterocycles. The third-order valence-electron chi connectivity index (χ3n) is 2.86. The predicted octanol–water partition coefficient (Wildman–Crippen LogP) is 2.51. The van der Waals surface area contributed by atoms with E-state index in [0.29, 0.717) is 17.7 Å². The highest BCUT2D eigenvalue weighted by molar-refractivity contribution is 6.30. The van der Waals surface area contributed by atoms with Crippen molar-refractivity contribution < 1.29 is 14.6 Å². The molecule has 0 spiro atoms. The van der Waals surface area contributed by atoms with Gasteiger partial charge in [0.2, 0.25) is 0 Å². The van der Waals surface area contributed by atoms with Crippen LogP contribution in [0.3, 0.4) is 0 Å². The molecule has 1 fully saturated rings. The first-order valence-electron chi connectivity index (χ1n) is 5.88. The number of halogens is 1. The summed E-state index contributed by atoms with van der Waals surface area (Å²) in [5, 5.41) is 9.94. The molecule has 0 bridgehead atoms. The van der Waals surface area contributed by atoms with Gasteiger partial charge in [0.1, 0.15) is 5.75 Å². The molecule has 2 atom stereocenters. The quantitative estimate of drug-likeness (QED) is 0.763. The molecule has 0 radical (unpaired) electrons. The molecule has 1 aromatic carbocycles. The van der Waals surface area contributed by atoms with Gasteiger partial charge in [-0.05, 0) is 37.1 Å². The topological polar surface area (TPSA) is 42.0 Å². The second kappa shape index (κ2) is 6.24. The van der Waals surface area contributed by atoms with E-state index in [-0.39, 0.29) is 12.5 Å². The summed E-state index contributed by atoms with van der Waals surface area (Å²) in [5.41, 5.74) is 0. The van der Waals surface area contributed by atoms with Crippen LogP contribution in [0.4, 0.5) is 0 Å². The summed E-state index contributed by atoms with van der Waals surface area (Å²) >= 11 is 5.78. The highest BCUT2D eigenvalue weighted by atomic mass is 35.5. The van der Waals surface area contributed by atoms with Crippen molar-refractivity contribution in [2.24, 2.45) is 5.92 Å².